The van der Waals surface area contributed by atoms with Crippen LogP contribution in [0, 0.1) is 12.3 Å². The lowest BCUT2D eigenvalue weighted by atomic mass is 10.1. The number of fused-ring (bicyclic) bond motifs is 3. The van der Waals surface area contributed by atoms with E-state index in [1.807, 2.05) is 37.3 Å². The summed E-state index contributed by atoms with van der Waals surface area (Å²) in [4.78, 5) is 29.9. The van der Waals surface area contributed by atoms with Crippen LogP contribution in [0.1, 0.15) is 5.56 Å². The molecule has 2 heterocycles. The average Bonchev–Trinajstić information content (AvgIpc) is 2.84. The van der Waals surface area contributed by atoms with Gasteiger partial charge in [-0.25, -0.2) is 0 Å². The molecule has 3 N–H and O–H groups in total. The highest BCUT2D eigenvalue weighted by Crippen LogP contribution is 2.28. The van der Waals surface area contributed by atoms with E-state index in [4.69, 9.17) is 5.41 Å². The molecule has 0 unspecified atom stereocenters. The van der Waals surface area contributed by atoms with E-state index in [-0.39, 0.29) is 11.5 Å². The Morgan fingerprint density at radius 3 is 2.82 bits per heavy atom. The van der Waals surface area contributed by atoms with Crippen molar-refractivity contribution in [1.82, 2.24) is 9.55 Å². The summed E-state index contributed by atoms with van der Waals surface area (Å²) in [6.45, 7) is 1.90. The molecule has 0 fully saturated rings. The van der Waals surface area contributed by atoms with Crippen LogP contribution in [0.25, 0.3) is 27.5 Å². The van der Waals surface area contributed by atoms with Gasteiger partial charge in [0.05, 0.1) is 16.7 Å². The van der Waals surface area contributed by atoms with E-state index in [1.54, 1.807) is 41.2 Å². The summed E-state index contributed by atoms with van der Waals surface area (Å²) in [6, 6.07) is 14.5. The van der Waals surface area contributed by atoms with Crippen molar-refractivity contribution in [2.24, 2.45) is 0 Å². The molecule has 4 aromatic rings. The highest BCUT2D eigenvalue weighted by molar-refractivity contribution is 9.09. The highest BCUT2D eigenvalue weighted by Gasteiger charge is 2.13. The molecule has 2 aromatic carbocycles. The van der Waals surface area contributed by atoms with Crippen LogP contribution >= 0.6 is 15.9 Å². The van der Waals surface area contributed by atoms with Crippen LogP contribution in [0.15, 0.2) is 84.0 Å². The molecule has 0 saturated heterocycles. The summed E-state index contributed by atoms with van der Waals surface area (Å²) in [5.74, 6) is -0.242. The van der Waals surface area contributed by atoms with Gasteiger partial charge in [0.25, 0.3) is 5.56 Å². The van der Waals surface area contributed by atoms with Gasteiger partial charge >= 0.3 is 0 Å². The van der Waals surface area contributed by atoms with E-state index in [1.165, 1.54) is 18.4 Å². The van der Waals surface area contributed by atoms with Crippen molar-refractivity contribution in [3.05, 3.63) is 95.1 Å². The Balaban J connectivity index is 1.91. The zero-order valence-electron chi connectivity index (χ0n) is 18.4. The average molecular weight is 516 g/mol. The third-order valence-electron chi connectivity index (χ3n) is 5.26. The number of pyridine rings is 2. The fourth-order valence-electron chi connectivity index (χ4n) is 3.66. The Bertz CT molecular complexity index is 1520. The number of alkyl halides is 1. The summed E-state index contributed by atoms with van der Waals surface area (Å²) >= 11 is 3.27. The minimum absolute atomic E-state index is 0.192. The van der Waals surface area contributed by atoms with Gasteiger partial charge in [0.15, 0.2) is 0 Å². The number of carbonyl (C=O) groups excluding carboxylic acids is 1. The number of amides is 1. The molecular formula is C26H22BrN5O2. The largest absolute Gasteiger partial charge is 0.362 e. The second-order valence-corrected chi connectivity index (χ2v) is 8.16. The number of aromatic nitrogens is 2. The van der Waals surface area contributed by atoms with E-state index in [2.05, 4.69) is 31.5 Å². The summed E-state index contributed by atoms with van der Waals surface area (Å²) in [5.41, 5.74) is 4.22. The lowest BCUT2D eigenvalue weighted by molar-refractivity contribution is -0.111. The van der Waals surface area contributed by atoms with Crippen molar-refractivity contribution in [1.29, 1.82) is 5.41 Å². The van der Waals surface area contributed by atoms with Crippen molar-refractivity contribution >= 4 is 61.2 Å². The predicted molar refractivity (Wildman–Crippen MR) is 143 cm³/mol. The first kappa shape index (κ1) is 23.1. The van der Waals surface area contributed by atoms with Gasteiger partial charge in [-0.2, -0.15) is 0 Å². The van der Waals surface area contributed by atoms with Crippen LogP contribution in [0.3, 0.4) is 0 Å². The predicted octanol–water partition coefficient (Wildman–Crippen LogP) is 5.31. The summed E-state index contributed by atoms with van der Waals surface area (Å²) in [7, 11) is 0. The summed E-state index contributed by atoms with van der Waals surface area (Å²) in [6.07, 6.45) is 9.36. The van der Waals surface area contributed by atoms with Gasteiger partial charge in [-0.3, -0.25) is 19.1 Å². The van der Waals surface area contributed by atoms with Crippen molar-refractivity contribution in [2.75, 3.05) is 16.0 Å². The van der Waals surface area contributed by atoms with Gasteiger partial charge in [-0.1, -0.05) is 28.1 Å². The van der Waals surface area contributed by atoms with Crippen LogP contribution in [0.4, 0.5) is 11.4 Å². The molecule has 0 saturated carbocycles. The van der Waals surface area contributed by atoms with E-state index >= 15 is 0 Å². The Morgan fingerprint density at radius 2 is 2.03 bits per heavy atom. The van der Waals surface area contributed by atoms with Crippen molar-refractivity contribution in [2.45, 2.75) is 6.92 Å². The highest BCUT2D eigenvalue weighted by atomic mass is 79.9. The smallest absolute Gasteiger partial charge is 0.255 e. The third-order valence-corrected chi connectivity index (χ3v) is 5.63. The number of carbonyl (C=O) groups is 1. The van der Waals surface area contributed by atoms with Crippen molar-refractivity contribution in [3.8, 4) is 5.69 Å². The maximum absolute atomic E-state index is 13.1. The summed E-state index contributed by atoms with van der Waals surface area (Å²) < 4.78 is 1.64. The van der Waals surface area contributed by atoms with Crippen molar-refractivity contribution in [3.63, 3.8) is 0 Å². The van der Waals surface area contributed by atoms with Gasteiger partial charge in [-0.15, -0.1) is 0 Å². The molecule has 0 atom stereocenters. The maximum atomic E-state index is 13.1. The molecule has 0 aliphatic rings. The SMILES string of the molecule is Cc1ccc(-n2c(=O)ccc3cnc4ccc(N/C=C\C=N)cc4c32)cc1NC(=O)/C=C/CBr. The first-order valence-corrected chi connectivity index (χ1v) is 11.6. The number of rotatable bonds is 7. The molecule has 0 aliphatic carbocycles. The Kier molecular flexibility index (Phi) is 6.98. The van der Waals surface area contributed by atoms with E-state index in [9.17, 15) is 9.59 Å². The molecule has 2 aromatic heterocycles. The number of nitrogens with zero attached hydrogens (tertiary/aromatic N) is 2. The van der Waals surface area contributed by atoms with E-state index in [0.717, 1.165) is 33.1 Å². The number of hydrogen-bond donors (Lipinski definition) is 3. The minimum Gasteiger partial charge on any atom is -0.362 e. The van der Waals surface area contributed by atoms with Crippen LogP contribution in [-0.2, 0) is 4.79 Å². The topological polar surface area (TPSA) is 99.9 Å². The number of benzene rings is 2. The molecule has 8 heteroatoms. The molecule has 0 radical (unpaired) electrons. The molecule has 4 rings (SSSR count). The van der Waals surface area contributed by atoms with Crippen LogP contribution in [0.5, 0.6) is 0 Å². The molecule has 1 amide bonds. The second kappa shape index (κ2) is 10.3. The van der Waals surface area contributed by atoms with Gasteiger partial charge in [0.2, 0.25) is 5.91 Å². The quantitative estimate of drug-likeness (QED) is 0.134. The number of hydrogen-bond acceptors (Lipinski definition) is 5. The van der Waals surface area contributed by atoms with Crippen LogP contribution in [0.2, 0.25) is 0 Å². The second-order valence-electron chi connectivity index (χ2n) is 7.52. The molecule has 0 bridgehead atoms. The molecule has 34 heavy (non-hydrogen) atoms. The number of aryl methyl sites for hydroxylation is 1. The lowest BCUT2D eigenvalue weighted by Gasteiger charge is -2.15. The molecule has 170 valence electrons. The van der Waals surface area contributed by atoms with Crippen LogP contribution < -0.4 is 16.2 Å². The number of nitrogens with one attached hydrogen (secondary N) is 3. The van der Waals surface area contributed by atoms with E-state index < -0.39 is 0 Å². The fourth-order valence-corrected chi connectivity index (χ4v) is 3.85. The molecule has 7 nitrogen and oxygen atoms in total. The third kappa shape index (κ3) is 4.82. The maximum Gasteiger partial charge on any atom is 0.255 e. The summed E-state index contributed by atoms with van der Waals surface area (Å²) in [5, 5.41) is 15.3. The standard InChI is InChI=1S/C26H22BrN5O2/c1-17-5-8-20(15-23(17)31-24(33)4-2-11-27)32-25(34)10-6-18-16-30-22-9-7-19(29-13-3-12-28)14-21(22)26(18)32/h2-10,12-16,28-29H,11H2,1H3,(H,31,33)/b4-2+,13-3-,28-12?. The van der Waals surface area contributed by atoms with Gasteiger partial charge in [0, 0.05) is 58.2 Å². The molecular weight excluding hydrogens is 494 g/mol. The Hall–Kier alpha value is -4.04. The zero-order valence-corrected chi connectivity index (χ0v) is 20.0. The van der Waals surface area contributed by atoms with Gasteiger partial charge in [0.1, 0.15) is 0 Å². The molecule has 0 aliphatic heterocycles. The first-order chi connectivity index (χ1) is 16.5. The van der Waals surface area contributed by atoms with Crippen LogP contribution in [-0.4, -0.2) is 27.0 Å². The zero-order chi connectivity index (χ0) is 24.1. The van der Waals surface area contributed by atoms with Gasteiger partial charge in [-0.05, 0) is 55.0 Å². The minimum atomic E-state index is -0.242. The Labute approximate surface area is 204 Å². The number of anilines is 2. The van der Waals surface area contributed by atoms with E-state index in [0.29, 0.717) is 16.7 Å². The lowest BCUT2D eigenvalue weighted by Crippen LogP contribution is -2.18. The Morgan fingerprint density at radius 1 is 1.18 bits per heavy atom. The van der Waals surface area contributed by atoms with Crippen molar-refractivity contribution < 1.29 is 4.79 Å². The molecule has 0 spiro atoms. The van der Waals surface area contributed by atoms with Gasteiger partial charge < -0.3 is 16.0 Å². The monoisotopic (exact) mass is 515 g/mol. The first-order valence-electron chi connectivity index (χ1n) is 10.5. The number of halogens is 1. The normalized spacial score (nSPS) is 11.5. The number of allylic oxidation sites excluding steroid dienone is 2. The fraction of sp³-hybridized carbons (Fsp3) is 0.0769.